The second-order valence-corrected chi connectivity index (χ2v) is 5.74. The quantitative estimate of drug-likeness (QED) is 0.554. The molecule has 1 fully saturated rings. The predicted octanol–water partition coefficient (Wildman–Crippen LogP) is 2.32. The van der Waals surface area contributed by atoms with Crippen molar-refractivity contribution in [1.82, 2.24) is 5.32 Å². The van der Waals surface area contributed by atoms with Crippen LogP contribution in [0.15, 0.2) is 24.3 Å². The van der Waals surface area contributed by atoms with Gasteiger partial charge < -0.3 is 19.5 Å². The summed E-state index contributed by atoms with van der Waals surface area (Å²) in [6.07, 6.45) is 4.11. The van der Waals surface area contributed by atoms with Gasteiger partial charge in [-0.15, -0.1) is 0 Å². The lowest BCUT2D eigenvalue weighted by Gasteiger charge is -2.11. The molecule has 2 rings (SSSR count). The predicted molar refractivity (Wildman–Crippen MR) is 89.1 cm³/mol. The minimum Gasteiger partial charge on any atom is -0.494 e. The van der Waals surface area contributed by atoms with Crippen LogP contribution in [0.2, 0.25) is 0 Å². The number of nitrogens with one attached hydrogen (secondary N) is 1. The van der Waals surface area contributed by atoms with E-state index < -0.39 is 5.97 Å². The van der Waals surface area contributed by atoms with Crippen molar-refractivity contribution in [2.75, 3.05) is 26.4 Å². The molecule has 0 spiro atoms. The van der Waals surface area contributed by atoms with E-state index in [9.17, 15) is 9.59 Å². The SMILES string of the molecule is CCCCOc1ccc(C(=O)OCC(=O)NC[C@@H]2CCCO2)cc1. The van der Waals surface area contributed by atoms with Crippen molar-refractivity contribution < 1.29 is 23.8 Å². The third-order valence-electron chi connectivity index (χ3n) is 3.74. The van der Waals surface area contributed by atoms with Crippen LogP contribution in [0.5, 0.6) is 5.75 Å². The molecule has 0 bridgehead atoms. The number of benzene rings is 1. The molecule has 0 unspecified atom stereocenters. The van der Waals surface area contributed by atoms with Crippen molar-refractivity contribution in [2.45, 2.75) is 38.7 Å². The van der Waals surface area contributed by atoms with Crippen LogP contribution in [0.3, 0.4) is 0 Å². The van der Waals surface area contributed by atoms with Crippen molar-refractivity contribution in [2.24, 2.45) is 0 Å². The molecule has 0 aliphatic carbocycles. The first-order chi connectivity index (χ1) is 11.7. The van der Waals surface area contributed by atoms with Crippen LogP contribution in [-0.4, -0.2) is 44.3 Å². The van der Waals surface area contributed by atoms with Crippen molar-refractivity contribution in [3.05, 3.63) is 29.8 Å². The highest BCUT2D eigenvalue weighted by Gasteiger charge is 2.17. The molecular formula is C18H25NO5. The topological polar surface area (TPSA) is 73.9 Å². The summed E-state index contributed by atoms with van der Waals surface area (Å²) in [5, 5.41) is 2.71. The molecule has 0 saturated carbocycles. The highest BCUT2D eigenvalue weighted by atomic mass is 16.5. The average Bonchev–Trinajstić information content (AvgIpc) is 3.12. The summed E-state index contributed by atoms with van der Waals surface area (Å²) in [6, 6.07) is 6.72. The van der Waals surface area contributed by atoms with Gasteiger partial charge in [0.25, 0.3) is 5.91 Å². The van der Waals surface area contributed by atoms with Crippen LogP contribution in [0.1, 0.15) is 43.0 Å². The zero-order valence-corrected chi connectivity index (χ0v) is 14.1. The molecule has 1 aromatic carbocycles. The Bertz CT molecular complexity index is 523. The first-order valence-electron chi connectivity index (χ1n) is 8.47. The Morgan fingerprint density at radius 1 is 1.29 bits per heavy atom. The summed E-state index contributed by atoms with van der Waals surface area (Å²) in [7, 11) is 0. The standard InChI is InChI=1S/C18H25NO5/c1-2-3-10-22-15-8-6-14(7-9-15)18(21)24-13-17(20)19-12-16-5-4-11-23-16/h6-9,16H,2-5,10-13H2,1H3,(H,19,20)/t16-/m0/s1. The van der Waals surface area contributed by atoms with Gasteiger partial charge in [0.05, 0.1) is 18.3 Å². The number of carbonyl (C=O) groups excluding carboxylic acids is 2. The molecule has 1 aliphatic rings. The Morgan fingerprint density at radius 3 is 2.75 bits per heavy atom. The lowest BCUT2D eigenvalue weighted by atomic mass is 10.2. The van der Waals surface area contributed by atoms with E-state index >= 15 is 0 Å². The highest BCUT2D eigenvalue weighted by Crippen LogP contribution is 2.13. The van der Waals surface area contributed by atoms with Gasteiger partial charge >= 0.3 is 5.97 Å². The molecule has 1 aromatic rings. The summed E-state index contributed by atoms with van der Waals surface area (Å²) >= 11 is 0. The fourth-order valence-corrected chi connectivity index (χ4v) is 2.32. The average molecular weight is 335 g/mol. The molecule has 1 heterocycles. The van der Waals surface area contributed by atoms with Crippen LogP contribution in [0.25, 0.3) is 0 Å². The summed E-state index contributed by atoms with van der Waals surface area (Å²) < 4.78 is 16.0. The Labute approximate surface area is 142 Å². The monoisotopic (exact) mass is 335 g/mol. The second-order valence-electron chi connectivity index (χ2n) is 5.74. The van der Waals surface area contributed by atoms with Gasteiger partial charge in [0.15, 0.2) is 6.61 Å². The van der Waals surface area contributed by atoms with E-state index in [1.165, 1.54) is 0 Å². The summed E-state index contributed by atoms with van der Waals surface area (Å²) in [4.78, 5) is 23.6. The zero-order valence-electron chi connectivity index (χ0n) is 14.1. The van der Waals surface area contributed by atoms with E-state index in [4.69, 9.17) is 14.2 Å². The van der Waals surface area contributed by atoms with E-state index in [0.717, 1.165) is 32.3 Å². The number of carbonyl (C=O) groups is 2. The van der Waals surface area contributed by atoms with Crippen molar-refractivity contribution >= 4 is 11.9 Å². The third kappa shape index (κ3) is 6.20. The summed E-state index contributed by atoms with van der Waals surface area (Å²) in [5.41, 5.74) is 0.393. The normalized spacial score (nSPS) is 16.6. The van der Waals surface area contributed by atoms with E-state index in [-0.39, 0.29) is 18.6 Å². The Morgan fingerprint density at radius 2 is 2.08 bits per heavy atom. The van der Waals surface area contributed by atoms with E-state index in [2.05, 4.69) is 12.2 Å². The van der Waals surface area contributed by atoms with Gasteiger partial charge in [-0.25, -0.2) is 4.79 Å². The van der Waals surface area contributed by atoms with Gasteiger partial charge in [-0.1, -0.05) is 13.3 Å². The van der Waals surface area contributed by atoms with Crippen LogP contribution in [-0.2, 0) is 14.3 Å². The number of hydrogen-bond donors (Lipinski definition) is 1. The van der Waals surface area contributed by atoms with E-state index in [1.807, 2.05) is 0 Å². The van der Waals surface area contributed by atoms with Gasteiger partial charge in [-0.05, 0) is 43.5 Å². The molecule has 1 saturated heterocycles. The van der Waals surface area contributed by atoms with Crippen molar-refractivity contribution in [3.8, 4) is 5.75 Å². The Balaban J connectivity index is 1.68. The number of unbranched alkanes of at least 4 members (excludes halogenated alkanes) is 1. The molecule has 24 heavy (non-hydrogen) atoms. The van der Waals surface area contributed by atoms with Crippen LogP contribution in [0, 0.1) is 0 Å². The maximum Gasteiger partial charge on any atom is 0.338 e. The lowest BCUT2D eigenvalue weighted by Crippen LogP contribution is -2.34. The highest BCUT2D eigenvalue weighted by molar-refractivity contribution is 5.91. The van der Waals surface area contributed by atoms with Gasteiger partial charge in [0.2, 0.25) is 0 Å². The maximum atomic E-state index is 11.9. The van der Waals surface area contributed by atoms with Gasteiger partial charge in [0.1, 0.15) is 5.75 Å². The summed E-state index contributed by atoms with van der Waals surface area (Å²) in [6.45, 7) is 3.67. The van der Waals surface area contributed by atoms with Crippen LogP contribution >= 0.6 is 0 Å². The van der Waals surface area contributed by atoms with Gasteiger partial charge in [-0.3, -0.25) is 4.79 Å². The number of esters is 1. The first-order valence-corrected chi connectivity index (χ1v) is 8.47. The number of amides is 1. The molecule has 0 radical (unpaired) electrons. The van der Waals surface area contributed by atoms with E-state index in [0.29, 0.717) is 24.5 Å². The zero-order chi connectivity index (χ0) is 17.2. The Kier molecular flexibility index (Phi) is 7.55. The summed E-state index contributed by atoms with van der Waals surface area (Å²) in [5.74, 6) is -0.130. The maximum absolute atomic E-state index is 11.9. The van der Waals surface area contributed by atoms with Crippen molar-refractivity contribution in [1.29, 1.82) is 0 Å². The minimum atomic E-state index is -0.526. The molecule has 6 heteroatoms. The molecule has 6 nitrogen and oxygen atoms in total. The molecular weight excluding hydrogens is 310 g/mol. The minimum absolute atomic E-state index is 0.0740. The van der Waals surface area contributed by atoms with Gasteiger partial charge in [0, 0.05) is 13.2 Å². The first kappa shape index (κ1) is 18.3. The second kappa shape index (κ2) is 9.93. The number of rotatable bonds is 9. The lowest BCUT2D eigenvalue weighted by molar-refractivity contribution is -0.124. The third-order valence-corrected chi connectivity index (χ3v) is 3.74. The molecule has 1 amide bonds. The molecule has 1 N–H and O–H groups in total. The molecule has 1 atom stereocenters. The fourth-order valence-electron chi connectivity index (χ4n) is 2.32. The van der Waals surface area contributed by atoms with Crippen molar-refractivity contribution in [3.63, 3.8) is 0 Å². The van der Waals surface area contributed by atoms with E-state index in [1.54, 1.807) is 24.3 Å². The number of ether oxygens (including phenoxy) is 3. The van der Waals surface area contributed by atoms with Crippen LogP contribution in [0.4, 0.5) is 0 Å². The Hall–Kier alpha value is -2.08. The fraction of sp³-hybridized carbons (Fsp3) is 0.556. The molecule has 0 aromatic heterocycles. The smallest absolute Gasteiger partial charge is 0.338 e. The molecule has 1 aliphatic heterocycles. The largest absolute Gasteiger partial charge is 0.494 e. The number of hydrogen-bond acceptors (Lipinski definition) is 5. The molecule has 132 valence electrons. The van der Waals surface area contributed by atoms with Crippen LogP contribution < -0.4 is 10.1 Å². The van der Waals surface area contributed by atoms with Gasteiger partial charge in [-0.2, -0.15) is 0 Å².